The van der Waals surface area contributed by atoms with E-state index in [1.54, 1.807) is 0 Å². The van der Waals surface area contributed by atoms with Crippen LogP contribution in [0.5, 0.6) is 0 Å². The molecule has 1 aromatic carbocycles. The van der Waals surface area contributed by atoms with E-state index in [1.165, 1.54) is 11.1 Å². The van der Waals surface area contributed by atoms with Crippen molar-refractivity contribution in [3.05, 3.63) is 35.9 Å². The van der Waals surface area contributed by atoms with Crippen LogP contribution < -0.4 is 0 Å². The third kappa shape index (κ3) is 1.12. The Bertz CT molecular complexity index is 400. The Balaban J connectivity index is 2.60. The molecular formula is C12H13N. The number of aryl methyl sites for hydroxylation is 1. The van der Waals surface area contributed by atoms with Crippen molar-refractivity contribution >= 4 is 17.0 Å². The lowest BCUT2D eigenvalue weighted by molar-refractivity contribution is 1.30. The SMILES string of the molecule is C=C1C(CC)=Nc2cccc(C)c21. The van der Waals surface area contributed by atoms with Crippen molar-refractivity contribution in [3.63, 3.8) is 0 Å². The van der Waals surface area contributed by atoms with Crippen molar-refractivity contribution in [3.8, 4) is 0 Å². The summed E-state index contributed by atoms with van der Waals surface area (Å²) in [7, 11) is 0. The number of nitrogens with zero attached hydrogens (tertiary/aromatic N) is 1. The largest absolute Gasteiger partial charge is 0.252 e. The first-order valence-electron chi connectivity index (χ1n) is 4.61. The quantitative estimate of drug-likeness (QED) is 0.613. The molecule has 1 aliphatic rings. The Morgan fingerprint density at radius 3 is 2.77 bits per heavy atom. The molecule has 66 valence electrons. The van der Waals surface area contributed by atoms with E-state index in [0.717, 1.165) is 23.4 Å². The van der Waals surface area contributed by atoms with E-state index >= 15 is 0 Å². The van der Waals surface area contributed by atoms with E-state index in [9.17, 15) is 0 Å². The van der Waals surface area contributed by atoms with E-state index in [-0.39, 0.29) is 0 Å². The lowest BCUT2D eigenvalue weighted by atomic mass is 9.99. The highest BCUT2D eigenvalue weighted by Gasteiger charge is 2.18. The van der Waals surface area contributed by atoms with E-state index in [4.69, 9.17) is 0 Å². The zero-order chi connectivity index (χ0) is 9.42. The second kappa shape index (κ2) is 2.84. The first-order chi connectivity index (χ1) is 6.24. The molecule has 0 saturated carbocycles. The van der Waals surface area contributed by atoms with Crippen LogP contribution in [0.15, 0.2) is 29.8 Å². The van der Waals surface area contributed by atoms with Crippen LogP contribution >= 0.6 is 0 Å². The molecule has 0 spiro atoms. The average Bonchev–Trinajstić information content (AvgIpc) is 2.44. The molecule has 0 fully saturated rings. The van der Waals surface area contributed by atoms with Crippen molar-refractivity contribution in [1.29, 1.82) is 0 Å². The van der Waals surface area contributed by atoms with E-state index in [0.29, 0.717) is 0 Å². The second-order valence-electron chi connectivity index (χ2n) is 3.36. The van der Waals surface area contributed by atoms with E-state index < -0.39 is 0 Å². The Labute approximate surface area is 78.8 Å². The van der Waals surface area contributed by atoms with Gasteiger partial charge in [0.25, 0.3) is 0 Å². The van der Waals surface area contributed by atoms with Gasteiger partial charge in [-0.05, 0) is 30.5 Å². The number of fused-ring (bicyclic) bond motifs is 1. The van der Waals surface area contributed by atoms with Gasteiger partial charge in [-0.3, -0.25) is 4.99 Å². The molecule has 0 unspecified atom stereocenters. The van der Waals surface area contributed by atoms with Crippen molar-refractivity contribution < 1.29 is 0 Å². The molecule has 1 heterocycles. The van der Waals surface area contributed by atoms with Gasteiger partial charge in [0.05, 0.1) is 5.69 Å². The van der Waals surface area contributed by atoms with Crippen LogP contribution in [0.25, 0.3) is 5.57 Å². The molecule has 0 aliphatic carbocycles. The summed E-state index contributed by atoms with van der Waals surface area (Å²) in [6.07, 6.45) is 0.965. The van der Waals surface area contributed by atoms with Gasteiger partial charge in [-0.25, -0.2) is 0 Å². The topological polar surface area (TPSA) is 12.4 Å². The average molecular weight is 171 g/mol. The fourth-order valence-corrected chi connectivity index (χ4v) is 1.79. The number of benzene rings is 1. The third-order valence-electron chi connectivity index (χ3n) is 2.49. The highest BCUT2D eigenvalue weighted by Crippen LogP contribution is 2.36. The predicted octanol–water partition coefficient (Wildman–Crippen LogP) is 3.50. The number of hydrogen-bond donors (Lipinski definition) is 0. The summed E-state index contributed by atoms with van der Waals surface area (Å²) in [5.74, 6) is 0. The van der Waals surface area contributed by atoms with Gasteiger partial charge in [0.1, 0.15) is 0 Å². The monoisotopic (exact) mass is 171 g/mol. The first kappa shape index (κ1) is 8.24. The van der Waals surface area contributed by atoms with Crippen molar-refractivity contribution in [2.45, 2.75) is 20.3 Å². The summed E-state index contributed by atoms with van der Waals surface area (Å²) in [5, 5.41) is 0. The molecule has 1 heteroatoms. The third-order valence-corrected chi connectivity index (χ3v) is 2.49. The van der Waals surface area contributed by atoms with Crippen molar-refractivity contribution in [1.82, 2.24) is 0 Å². The number of aliphatic imine (C=N–C) groups is 1. The lowest BCUT2D eigenvalue weighted by Crippen LogP contribution is -1.93. The molecule has 0 aromatic heterocycles. The van der Waals surface area contributed by atoms with Gasteiger partial charge in [0, 0.05) is 11.3 Å². The Kier molecular flexibility index (Phi) is 1.80. The maximum atomic E-state index is 4.53. The predicted molar refractivity (Wildman–Crippen MR) is 57.6 cm³/mol. The highest BCUT2D eigenvalue weighted by molar-refractivity contribution is 6.28. The molecule has 1 aromatic rings. The van der Waals surface area contributed by atoms with Gasteiger partial charge in [-0.1, -0.05) is 25.6 Å². The number of rotatable bonds is 1. The Hall–Kier alpha value is -1.37. The minimum absolute atomic E-state index is 0.965. The maximum absolute atomic E-state index is 4.53. The van der Waals surface area contributed by atoms with Crippen molar-refractivity contribution in [2.75, 3.05) is 0 Å². The smallest absolute Gasteiger partial charge is 0.0714 e. The Morgan fingerprint density at radius 2 is 2.15 bits per heavy atom. The van der Waals surface area contributed by atoms with Gasteiger partial charge < -0.3 is 0 Å². The minimum atomic E-state index is 0.965. The first-order valence-corrected chi connectivity index (χ1v) is 4.61. The number of hydrogen-bond acceptors (Lipinski definition) is 1. The standard InChI is InChI=1S/C12H13N/c1-4-10-9(3)12-8(2)6-5-7-11(12)13-10/h5-7H,3-4H2,1-2H3. The maximum Gasteiger partial charge on any atom is 0.0714 e. The van der Waals surface area contributed by atoms with Gasteiger partial charge in [0.2, 0.25) is 0 Å². The molecular weight excluding hydrogens is 158 g/mol. The normalized spacial score (nSPS) is 14.3. The van der Waals surface area contributed by atoms with Crippen LogP contribution in [-0.4, -0.2) is 5.71 Å². The molecule has 1 nitrogen and oxygen atoms in total. The minimum Gasteiger partial charge on any atom is -0.252 e. The van der Waals surface area contributed by atoms with Gasteiger partial charge in [-0.15, -0.1) is 0 Å². The summed E-state index contributed by atoms with van der Waals surface area (Å²) >= 11 is 0. The van der Waals surface area contributed by atoms with E-state index in [1.807, 2.05) is 6.07 Å². The van der Waals surface area contributed by atoms with Crippen LogP contribution in [0, 0.1) is 6.92 Å². The van der Waals surface area contributed by atoms with Crippen LogP contribution in [0.2, 0.25) is 0 Å². The second-order valence-corrected chi connectivity index (χ2v) is 3.36. The molecule has 0 saturated heterocycles. The zero-order valence-corrected chi connectivity index (χ0v) is 8.09. The van der Waals surface area contributed by atoms with Gasteiger partial charge >= 0.3 is 0 Å². The lowest BCUT2D eigenvalue weighted by Gasteiger charge is -2.03. The molecule has 0 N–H and O–H groups in total. The van der Waals surface area contributed by atoms with Crippen molar-refractivity contribution in [2.24, 2.45) is 4.99 Å². The van der Waals surface area contributed by atoms with Crippen LogP contribution in [0.1, 0.15) is 24.5 Å². The van der Waals surface area contributed by atoms with Gasteiger partial charge in [-0.2, -0.15) is 0 Å². The fourth-order valence-electron chi connectivity index (χ4n) is 1.79. The molecule has 0 atom stereocenters. The van der Waals surface area contributed by atoms with Gasteiger partial charge in [0.15, 0.2) is 0 Å². The number of allylic oxidation sites excluding steroid dienone is 1. The summed E-state index contributed by atoms with van der Waals surface area (Å²) in [4.78, 5) is 4.53. The van der Waals surface area contributed by atoms with Crippen LogP contribution in [-0.2, 0) is 0 Å². The summed E-state index contributed by atoms with van der Waals surface area (Å²) in [5.41, 5.74) is 5.83. The van der Waals surface area contributed by atoms with Crippen LogP contribution in [0.4, 0.5) is 5.69 Å². The summed E-state index contributed by atoms with van der Waals surface area (Å²) in [6, 6.07) is 6.21. The summed E-state index contributed by atoms with van der Waals surface area (Å²) in [6.45, 7) is 8.30. The van der Waals surface area contributed by atoms with E-state index in [2.05, 4.69) is 37.6 Å². The molecule has 13 heavy (non-hydrogen) atoms. The molecule has 0 radical (unpaired) electrons. The highest BCUT2D eigenvalue weighted by atomic mass is 14.8. The Morgan fingerprint density at radius 1 is 1.38 bits per heavy atom. The molecule has 0 bridgehead atoms. The molecule has 0 amide bonds. The fraction of sp³-hybridized carbons (Fsp3) is 0.250. The molecule has 1 aliphatic heterocycles. The zero-order valence-electron chi connectivity index (χ0n) is 8.09. The molecule has 2 rings (SSSR count). The summed E-state index contributed by atoms with van der Waals surface area (Å²) < 4.78 is 0. The van der Waals surface area contributed by atoms with Crippen LogP contribution in [0.3, 0.4) is 0 Å².